The highest BCUT2D eigenvalue weighted by Gasteiger charge is 2.33. The van der Waals surface area contributed by atoms with Gasteiger partial charge in [-0.1, -0.05) is 35.9 Å². The zero-order valence-electron chi connectivity index (χ0n) is 13.1. The van der Waals surface area contributed by atoms with Crippen molar-refractivity contribution in [3.63, 3.8) is 0 Å². The van der Waals surface area contributed by atoms with Gasteiger partial charge in [0.15, 0.2) is 0 Å². The molecule has 1 aliphatic heterocycles. The summed E-state index contributed by atoms with van der Waals surface area (Å²) in [5.74, 6) is -0.0524. The van der Waals surface area contributed by atoms with Crippen molar-refractivity contribution < 1.29 is 9.59 Å². The van der Waals surface area contributed by atoms with Crippen LogP contribution in [0.5, 0.6) is 0 Å². The molecule has 1 unspecified atom stereocenters. The van der Waals surface area contributed by atoms with Crippen LogP contribution < -0.4 is 5.32 Å². The van der Waals surface area contributed by atoms with Crippen molar-refractivity contribution >= 4 is 23.2 Å². The van der Waals surface area contributed by atoms with Crippen LogP contribution in [0.3, 0.4) is 0 Å². The van der Waals surface area contributed by atoms with Crippen LogP contribution >= 0.6 is 11.3 Å². The molecule has 3 rings (SSSR count). The number of benzene rings is 1. The van der Waals surface area contributed by atoms with Gasteiger partial charge in [-0.05, 0) is 30.4 Å². The fourth-order valence-electron chi connectivity index (χ4n) is 2.84. The molecule has 1 aliphatic rings. The summed E-state index contributed by atoms with van der Waals surface area (Å²) in [5.41, 5.74) is 2.01. The number of nitrogens with one attached hydrogen (secondary N) is 1. The third-order valence-corrected chi connectivity index (χ3v) is 5.03. The zero-order valence-corrected chi connectivity index (χ0v) is 13.9. The smallest absolute Gasteiger partial charge is 0.247 e. The van der Waals surface area contributed by atoms with Crippen LogP contribution in [0.1, 0.15) is 28.5 Å². The van der Waals surface area contributed by atoms with Crippen molar-refractivity contribution in [1.82, 2.24) is 10.2 Å². The Bertz CT molecular complexity index is 680. The molecule has 2 heterocycles. The number of hydrogen-bond donors (Lipinski definition) is 1. The lowest BCUT2D eigenvalue weighted by Gasteiger charge is -2.35. The number of nitrogens with zero attached hydrogens (tertiary/aromatic N) is 1. The molecule has 1 fully saturated rings. The predicted octanol–water partition coefficient (Wildman–Crippen LogP) is 2.69. The molecule has 0 saturated carbocycles. The third-order valence-electron chi connectivity index (χ3n) is 4.09. The first-order valence-corrected chi connectivity index (χ1v) is 8.69. The quantitative estimate of drug-likeness (QED) is 0.938. The second-order valence-corrected chi connectivity index (χ2v) is 6.80. The van der Waals surface area contributed by atoms with E-state index in [1.165, 1.54) is 4.88 Å². The van der Waals surface area contributed by atoms with Crippen molar-refractivity contribution in [2.75, 3.05) is 13.1 Å². The Hall–Kier alpha value is -2.14. The fourth-order valence-corrected chi connectivity index (χ4v) is 3.55. The average Bonchev–Trinajstić information content (AvgIpc) is 3.07. The largest absolute Gasteiger partial charge is 0.352 e. The van der Waals surface area contributed by atoms with Crippen molar-refractivity contribution in [1.29, 1.82) is 0 Å². The van der Waals surface area contributed by atoms with Gasteiger partial charge in [-0.2, -0.15) is 0 Å². The molecule has 1 aromatic heterocycles. The third kappa shape index (κ3) is 3.62. The summed E-state index contributed by atoms with van der Waals surface area (Å²) in [6, 6.07) is 11.3. The Labute approximate surface area is 140 Å². The molecule has 23 heavy (non-hydrogen) atoms. The van der Waals surface area contributed by atoms with Crippen LogP contribution in [-0.4, -0.2) is 29.8 Å². The van der Waals surface area contributed by atoms with Gasteiger partial charge in [0, 0.05) is 24.4 Å². The minimum Gasteiger partial charge on any atom is -0.352 e. The van der Waals surface area contributed by atoms with E-state index in [0.29, 0.717) is 19.5 Å². The van der Waals surface area contributed by atoms with Crippen molar-refractivity contribution in [2.24, 2.45) is 0 Å². The van der Waals surface area contributed by atoms with Gasteiger partial charge in [-0.25, -0.2) is 0 Å². The monoisotopic (exact) mass is 328 g/mol. The van der Waals surface area contributed by atoms with E-state index in [9.17, 15) is 9.59 Å². The SMILES string of the molecule is Cc1ccc(C2C(=O)NCCN2C(=O)CCc2cccs2)cc1. The number of carbonyl (C=O) groups excluding carboxylic acids is 2. The first-order valence-electron chi connectivity index (χ1n) is 7.81. The molecule has 1 atom stereocenters. The number of thiophene rings is 1. The van der Waals surface area contributed by atoms with Crippen LogP contribution in [0.2, 0.25) is 0 Å². The van der Waals surface area contributed by atoms with Crippen LogP contribution in [0.15, 0.2) is 41.8 Å². The number of carbonyl (C=O) groups is 2. The maximum Gasteiger partial charge on any atom is 0.247 e. The van der Waals surface area contributed by atoms with Crippen LogP contribution in [-0.2, 0) is 16.0 Å². The lowest BCUT2D eigenvalue weighted by molar-refractivity contribution is -0.143. The summed E-state index contributed by atoms with van der Waals surface area (Å²) < 4.78 is 0. The maximum absolute atomic E-state index is 12.6. The molecule has 0 aliphatic carbocycles. The lowest BCUT2D eigenvalue weighted by atomic mass is 10.0. The molecule has 5 heteroatoms. The Morgan fingerprint density at radius 2 is 2.09 bits per heavy atom. The Balaban J connectivity index is 1.75. The highest BCUT2D eigenvalue weighted by molar-refractivity contribution is 7.09. The minimum atomic E-state index is -0.514. The number of hydrogen-bond acceptors (Lipinski definition) is 3. The van der Waals surface area contributed by atoms with Gasteiger partial charge in [-0.15, -0.1) is 11.3 Å². The van der Waals surface area contributed by atoms with Gasteiger partial charge >= 0.3 is 0 Å². The first kappa shape index (κ1) is 15.7. The van der Waals surface area contributed by atoms with Gasteiger partial charge in [0.1, 0.15) is 6.04 Å². The van der Waals surface area contributed by atoms with Crippen molar-refractivity contribution in [2.45, 2.75) is 25.8 Å². The van der Waals surface area contributed by atoms with E-state index in [1.807, 2.05) is 48.7 Å². The first-order chi connectivity index (χ1) is 11.1. The van der Waals surface area contributed by atoms with E-state index >= 15 is 0 Å². The second kappa shape index (κ2) is 6.96. The fraction of sp³-hybridized carbons (Fsp3) is 0.333. The average molecular weight is 328 g/mol. The van der Waals surface area contributed by atoms with E-state index in [1.54, 1.807) is 16.2 Å². The summed E-state index contributed by atoms with van der Waals surface area (Å²) in [5, 5.41) is 4.89. The summed E-state index contributed by atoms with van der Waals surface area (Å²) in [4.78, 5) is 27.9. The molecule has 0 spiro atoms. The molecule has 0 radical (unpaired) electrons. The molecule has 2 aromatic rings. The standard InChI is InChI=1S/C18H20N2O2S/c1-13-4-6-14(7-5-13)17-18(22)19-10-11-20(17)16(21)9-8-15-3-2-12-23-15/h2-7,12,17H,8-11H2,1H3,(H,19,22). The van der Waals surface area contributed by atoms with Gasteiger partial charge in [-0.3, -0.25) is 9.59 Å². The minimum absolute atomic E-state index is 0.0406. The number of piperazine rings is 1. The Kier molecular flexibility index (Phi) is 4.76. The predicted molar refractivity (Wildman–Crippen MR) is 91.3 cm³/mol. The molecule has 1 aromatic carbocycles. The van der Waals surface area contributed by atoms with Crippen LogP contribution in [0, 0.1) is 6.92 Å². The summed E-state index contributed by atoms with van der Waals surface area (Å²) >= 11 is 1.66. The van der Waals surface area contributed by atoms with Crippen LogP contribution in [0.4, 0.5) is 0 Å². The highest BCUT2D eigenvalue weighted by Crippen LogP contribution is 2.25. The molecule has 2 amide bonds. The zero-order chi connectivity index (χ0) is 16.2. The van der Waals surface area contributed by atoms with E-state index in [-0.39, 0.29) is 11.8 Å². The number of rotatable bonds is 4. The molecular weight excluding hydrogens is 308 g/mol. The molecule has 1 saturated heterocycles. The maximum atomic E-state index is 12.6. The molecule has 0 bridgehead atoms. The Morgan fingerprint density at radius 3 is 2.78 bits per heavy atom. The molecule has 1 N–H and O–H groups in total. The van der Waals surface area contributed by atoms with Gasteiger partial charge in [0.05, 0.1) is 0 Å². The Morgan fingerprint density at radius 1 is 1.30 bits per heavy atom. The van der Waals surface area contributed by atoms with Gasteiger partial charge in [0.2, 0.25) is 11.8 Å². The number of aryl methyl sites for hydroxylation is 2. The van der Waals surface area contributed by atoms with Crippen molar-refractivity contribution in [3.8, 4) is 0 Å². The molecule has 120 valence electrons. The molecule has 4 nitrogen and oxygen atoms in total. The summed E-state index contributed by atoms with van der Waals surface area (Å²) in [7, 11) is 0. The van der Waals surface area contributed by atoms with Crippen LogP contribution in [0.25, 0.3) is 0 Å². The topological polar surface area (TPSA) is 49.4 Å². The van der Waals surface area contributed by atoms with E-state index < -0.39 is 6.04 Å². The van der Waals surface area contributed by atoms with Gasteiger partial charge in [0.25, 0.3) is 0 Å². The second-order valence-electron chi connectivity index (χ2n) is 5.77. The summed E-state index contributed by atoms with van der Waals surface area (Å²) in [6.07, 6.45) is 1.17. The number of amides is 2. The van der Waals surface area contributed by atoms with E-state index in [4.69, 9.17) is 0 Å². The normalized spacial score (nSPS) is 17.9. The van der Waals surface area contributed by atoms with Gasteiger partial charge < -0.3 is 10.2 Å². The van der Waals surface area contributed by atoms with E-state index in [0.717, 1.165) is 17.5 Å². The molecular formula is C18H20N2O2S. The van der Waals surface area contributed by atoms with E-state index in [2.05, 4.69) is 5.32 Å². The summed E-state index contributed by atoms with van der Waals surface area (Å²) in [6.45, 7) is 3.09. The van der Waals surface area contributed by atoms with Crippen molar-refractivity contribution in [3.05, 3.63) is 57.8 Å². The highest BCUT2D eigenvalue weighted by atomic mass is 32.1. The lowest BCUT2D eigenvalue weighted by Crippen LogP contribution is -2.52.